The molecule has 2 N–H and O–H groups in total. The van der Waals surface area contributed by atoms with Crippen LogP contribution in [0.4, 0.5) is 0 Å². The zero-order chi connectivity index (χ0) is 16.8. The van der Waals surface area contributed by atoms with Gasteiger partial charge in [-0.25, -0.2) is 4.79 Å². The van der Waals surface area contributed by atoms with Crippen LogP contribution in [0.3, 0.4) is 0 Å². The molecule has 0 aliphatic rings. The maximum absolute atomic E-state index is 11.8. The zero-order valence-electron chi connectivity index (χ0n) is 14.0. The van der Waals surface area contributed by atoms with E-state index in [-0.39, 0.29) is 5.91 Å². The summed E-state index contributed by atoms with van der Waals surface area (Å²) in [6.07, 6.45) is 2.95. The summed E-state index contributed by atoms with van der Waals surface area (Å²) in [4.78, 5) is 22.7. The van der Waals surface area contributed by atoms with Gasteiger partial charge in [-0.3, -0.25) is 4.79 Å². The molecule has 0 bridgehead atoms. The molecule has 1 aromatic rings. The molecule has 0 aliphatic heterocycles. The third kappa shape index (κ3) is 6.29. The number of rotatable bonds is 8. The summed E-state index contributed by atoms with van der Waals surface area (Å²) < 4.78 is 0. The molecule has 0 spiro atoms. The summed E-state index contributed by atoms with van der Waals surface area (Å²) in [7, 11) is 0. The number of carboxylic acid groups (broad SMARTS) is 1. The summed E-state index contributed by atoms with van der Waals surface area (Å²) in [6, 6.07) is 8.50. The van der Waals surface area contributed by atoms with Crippen LogP contribution in [0.25, 0.3) is 0 Å². The molecule has 1 amide bonds. The number of hydrogen-bond donors (Lipinski definition) is 2. The van der Waals surface area contributed by atoms with Crippen LogP contribution in [0.5, 0.6) is 0 Å². The molecule has 1 aromatic carbocycles. The van der Waals surface area contributed by atoms with Gasteiger partial charge in [-0.1, -0.05) is 38.1 Å². The average molecular weight is 305 g/mol. The Hall–Kier alpha value is -1.84. The molecule has 0 saturated carbocycles. The van der Waals surface area contributed by atoms with E-state index in [0.29, 0.717) is 18.8 Å². The van der Waals surface area contributed by atoms with Crippen molar-refractivity contribution in [2.45, 2.75) is 58.9 Å². The Kier molecular flexibility index (Phi) is 6.60. The molecule has 1 rings (SSSR count). The van der Waals surface area contributed by atoms with Crippen molar-refractivity contribution in [2.75, 3.05) is 0 Å². The Labute approximate surface area is 132 Å². The van der Waals surface area contributed by atoms with Gasteiger partial charge in [0.1, 0.15) is 5.54 Å². The summed E-state index contributed by atoms with van der Waals surface area (Å²) in [5.74, 6) is -0.599. The Morgan fingerprint density at radius 1 is 1.14 bits per heavy atom. The van der Waals surface area contributed by atoms with Gasteiger partial charge in [0.25, 0.3) is 0 Å². The number of carbonyl (C=O) groups is 2. The maximum atomic E-state index is 11.8. The molecule has 22 heavy (non-hydrogen) atoms. The highest BCUT2D eigenvalue weighted by Gasteiger charge is 2.28. The van der Waals surface area contributed by atoms with E-state index in [1.165, 1.54) is 25.0 Å². The molecular weight excluding hydrogens is 278 g/mol. The van der Waals surface area contributed by atoms with Gasteiger partial charge in [-0.15, -0.1) is 0 Å². The molecule has 4 heteroatoms. The SMILES string of the molecule is CC(C)Cc1ccc(CCCC(=O)NC(C)(C)C(=O)O)cc1. The van der Waals surface area contributed by atoms with Crippen molar-refractivity contribution >= 4 is 11.9 Å². The number of carboxylic acids is 1. The molecule has 0 atom stereocenters. The minimum Gasteiger partial charge on any atom is -0.480 e. The van der Waals surface area contributed by atoms with Crippen LogP contribution in [-0.4, -0.2) is 22.5 Å². The summed E-state index contributed by atoms with van der Waals surface area (Å²) in [5.41, 5.74) is 1.33. The van der Waals surface area contributed by atoms with Crippen LogP contribution in [0.2, 0.25) is 0 Å². The van der Waals surface area contributed by atoms with Crippen LogP contribution < -0.4 is 5.32 Å². The van der Waals surface area contributed by atoms with Crippen molar-refractivity contribution in [2.24, 2.45) is 5.92 Å². The zero-order valence-corrected chi connectivity index (χ0v) is 14.0. The van der Waals surface area contributed by atoms with Crippen molar-refractivity contribution in [3.05, 3.63) is 35.4 Å². The third-order valence-electron chi connectivity index (χ3n) is 3.52. The number of nitrogens with one attached hydrogen (secondary N) is 1. The third-order valence-corrected chi connectivity index (χ3v) is 3.52. The van der Waals surface area contributed by atoms with Crippen molar-refractivity contribution in [3.63, 3.8) is 0 Å². The van der Waals surface area contributed by atoms with Crippen molar-refractivity contribution < 1.29 is 14.7 Å². The van der Waals surface area contributed by atoms with Gasteiger partial charge >= 0.3 is 5.97 Å². The molecular formula is C18H27NO3. The minimum absolute atomic E-state index is 0.219. The lowest BCUT2D eigenvalue weighted by atomic mass is 10.00. The fourth-order valence-electron chi connectivity index (χ4n) is 2.23. The predicted octanol–water partition coefficient (Wildman–Crippen LogP) is 3.19. The number of hydrogen-bond acceptors (Lipinski definition) is 2. The lowest BCUT2D eigenvalue weighted by Crippen LogP contribution is -2.49. The van der Waals surface area contributed by atoms with E-state index >= 15 is 0 Å². The van der Waals surface area contributed by atoms with Crippen LogP contribution in [-0.2, 0) is 22.4 Å². The van der Waals surface area contributed by atoms with E-state index in [4.69, 9.17) is 5.11 Å². The predicted molar refractivity (Wildman–Crippen MR) is 87.8 cm³/mol. The first-order valence-corrected chi connectivity index (χ1v) is 7.83. The molecule has 0 fully saturated rings. The van der Waals surface area contributed by atoms with Crippen molar-refractivity contribution in [1.29, 1.82) is 0 Å². The topological polar surface area (TPSA) is 66.4 Å². The van der Waals surface area contributed by atoms with E-state index in [2.05, 4.69) is 43.4 Å². The van der Waals surface area contributed by atoms with Crippen molar-refractivity contribution in [1.82, 2.24) is 5.32 Å². The number of aliphatic carboxylic acids is 1. The van der Waals surface area contributed by atoms with Gasteiger partial charge in [0.15, 0.2) is 0 Å². The van der Waals surface area contributed by atoms with E-state index in [9.17, 15) is 9.59 Å². The second-order valence-corrected chi connectivity index (χ2v) is 6.75. The monoisotopic (exact) mass is 305 g/mol. The number of carbonyl (C=O) groups excluding carboxylic acids is 1. The fourth-order valence-corrected chi connectivity index (χ4v) is 2.23. The Balaban J connectivity index is 2.38. The quantitative estimate of drug-likeness (QED) is 0.775. The first-order chi connectivity index (χ1) is 10.2. The van der Waals surface area contributed by atoms with Crippen LogP contribution >= 0.6 is 0 Å². The van der Waals surface area contributed by atoms with Crippen LogP contribution in [0.15, 0.2) is 24.3 Å². The smallest absolute Gasteiger partial charge is 0.328 e. The van der Waals surface area contributed by atoms with Crippen molar-refractivity contribution in [3.8, 4) is 0 Å². The highest BCUT2D eigenvalue weighted by molar-refractivity contribution is 5.86. The minimum atomic E-state index is -1.21. The molecule has 0 aromatic heterocycles. The number of amides is 1. The highest BCUT2D eigenvalue weighted by Crippen LogP contribution is 2.12. The van der Waals surface area contributed by atoms with E-state index in [1.54, 1.807) is 0 Å². The normalized spacial score (nSPS) is 11.5. The van der Waals surface area contributed by atoms with Gasteiger partial charge in [-0.05, 0) is 50.2 Å². The second kappa shape index (κ2) is 7.97. The van der Waals surface area contributed by atoms with Gasteiger partial charge in [0, 0.05) is 6.42 Å². The molecule has 122 valence electrons. The van der Waals surface area contributed by atoms with Crippen LogP contribution in [0, 0.1) is 5.92 Å². The molecule has 4 nitrogen and oxygen atoms in total. The summed E-state index contributed by atoms with van der Waals surface area (Å²) in [6.45, 7) is 7.37. The number of aryl methyl sites for hydroxylation is 1. The Bertz CT molecular complexity index is 504. The first-order valence-electron chi connectivity index (χ1n) is 7.83. The lowest BCUT2D eigenvalue weighted by molar-refractivity contribution is -0.146. The standard InChI is InChI=1S/C18H27NO3/c1-13(2)12-15-10-8-14(9-11-15)6-5-7-16(20)19-18(3,4)17(21)22/h8-11,13H,5-7,12H2,1-4H3,(H,19,20)(H,21,22). The fraction of sp³-hybridized carbons (Fsp3) is 0.556. The molecule has 0 saturated heterocycles. The Morgan fingerprint density at radius 2 is 1.68 bits per heavy atom. The largest absolute Gasteiger partial charge is 0.480 e. The van der Waals surface area contributed by atoms with E-state index in [1.807, 2.05) is 0 Å². The first kappa shape index (κ1) is 18.2. The highest BCUT2D eigenvalue weighted by atomic mass is 16.4. The Morgan fingerprint density at radius 3 is 2.18 bits per heavy atom. The van der Waals surface area contributed by atoms with Gasteiger partial charge < -0.3 is 10.4 Å². The maximum Gasteiger partial charge on any atom is 0.328 e. The van der Waals surface area contributed by atoms with Gasteiger partial charge in [-0.2, -0.15) is 0 Å². The molecule has 0 unspecified atom stereocenters. The van der Waals surface area contributed by atoms with Gasteiger partial charge in [0.2, 0.25) is 5.91 Å². The van der Waals surface area contributed by atoms with Crippen LogP contribution in [0.1, 0.15) is 51.7 Å². The molecule has 0 aliphatic carbocycles. The molecule has 0 radical (unpaired) electrons. The molecule has 0 heterocycles. The lowest BCUT2D eigenvalue weighted by Gasteiger charge is -2.20. The summed E-state index contributed by atoms with van der Waals surface area (Å²) in [5, 5.41) is 11.5. The van der Waals surface area contributed by atoms with E-state index < -0.39 is 11.5 Å². The van der Waals surface area contributed by atoms with Gasteiger partial charge in [0.05, 0.1) is 0 Å². The average Bonchev–Trinajstić information content (AvgIpc) is 2.39. The summed E-state index contributed by atoms with van der Waals surface area (Å²) >= 11 is 0. The van der Waals surface area contributed by atoms with E-state index in [0.717, 1.165) is 12.8 Å². The second-order valence-electron chi connectivity index (χ2n) is 6.75. The number of benzene rings is 1.